The third-order valence-corrected chi connectivity index (χ3v) is 5.08. The molecule has 3 atom stereocenters. The molecule has 1 aromatic carbocycles. The summed E-state index contributed by atoms with van der Waals surface area (Å²) in [5.74, 6) is 3.03. The van der Waals surface area contributed by atoms with Crippen LogP contribution in [0.1, 0.15) is 24.8 Å². The summed E-state index contributed by atoms with van der Waals surface area (Å²) in [6.07, 6.45) is 4.51. The summed E-state index contributed by atoms with van der Waals surface area (Å²) in [6, 6.07) is 5.99. The van der Waals surface area contributed by atoms with Gasteiger partial charge in [0.2, 0.25) is 0 Å². The zero-order valence-corrected chi connectivity index (χ0v) is 12.2. The predicted molar refractivity (Wildman–Crippen MR) is 74.7 cm³/mol. The molecule has 0 spiro atoms. The first kappa shape index (κ1) is 12.5. The summed E-state index contributed by atoms with van der Waals surface area (Å²) in [5.41, 5.74) is 1.10. The van der Waals surface area contributed by atoms with Gasteiger partial charge in [-0.1, -0.05) is 22.4 Å². The van der Waals surface area contributed by atoms with Crippen molar-refractivity contribution in [2.75, 3.05) is 7.11 Å². The summed E-state index contributed by atoms with van der Waals surface area (Å²) >= 11 is 3.48. The molecule has 1 aromatic rings. The molecule has 2 aliphatic carbocycles. The van der Waals surface area contributed by atoms with Gasteiger partial charge in [0.1, 0.15) is 5.75 Å². The van der Waals surface area contributed by atoms with Crippen LogP contribution in [-0.2, 0) is 6.42 Å². The van der Waals surface area contributed by atoms with Gasteiger partial charge in [0, 0.05) is 10.9 Å². The lowest BCUT2D eigenvalue weighted by molar-refractivity contribution is 0.135. The third-order valence-electron chi connectivity index (χ3n) is 4.59. The molecule has 0 aromatic heterocycles. The zero-order valence-electron chi connectivity index (χ0n) is 10.6. The summed E-state index contributed by atoms with van der Waals surface area (Å²) < 4.78 is 6.41. The van der Waals surface area contributed by atoms with Crippen LogP contribution in [0, 0.1) is 17.8 Å². The standard InChI is InChI=1S/C15H19BrO2/c1-18-14-6-5-10(16)7-9(14)8-13(17)15-11-3-2-4-12(11)15/h5-7,11-13,15,17H,2-4,8H2,1H3. The highest BCUT2D eigenvalue weighted by atomic mass is 79.9. The van der Waals surface area contributed by atoms with Crippen molar-refractivity contribution in [2.24, 2.45) is 17.8 Å². The fourth-order valence-electron chi connectivity index (χ4n) is 3.72. The van der Waals surface area contributed by atoms with E-state index in [4.69, 9.17) is 4.74 Å². The van der Waals surface area contributed by atoms with Gasteiger partial charge in [0.25, 0.3) is 0 Å². The maximum Gasteiger partial charge on any atom is 0.122 e. The summed E-state index contributed by atoms with van der Waals surface area (Å²) in [4.78, 5) is 0. The number of halogens is 1. The van der Waals surface area contributed by atoms with Crippen LogP contribution in [0.5, 0.6) is 5.75 Å². The molecule has 0 amide bonds. The average Bonchev–Trinajstić information content (AvgIpc) is 2.84. The molecular formula is C15H19BrO2. The highest BCUT2D eigenvalue weighted by Gasteiger charge is 2.55. The number of hydrogen-bond donors (Lipinski definition) is 1. The van der Waals surface area contributed by atoms with E-state index < -0.39 is 0 Å². The number of methoxy groups -OCH3 is 1. The lowest BCUT2D eigenvalue weighted by Crippen LogP contribution is -2.16. The molecule has 0 aliphatic heterocycles. The van der Waals surface area contributed by atoms with Gasteiger partial charge in [-0.2, -0.15) is 0 Å². The van der Waals surface area contributed by atoms with E-state index in [-0.39, 0.29) is 6.10 Å². The van der Waals surface area contributed by atoms with Crippen LogP contribution < -0.4 is 4.74 Å². The van der Waals surface area contributed by atoms with E-state index in [2.05, 4.69) is 22.0 Å². The minimum Gasteiger partial charge on any atom is -0.496 e. The Morgan fingerprint density at radius 3 is 2.78 bits per heavy atom. The maximum absolute atomic E-state index is 10.4. The molecule has 3 heteroatoms. The lowest BCUT2D eigenvalue weighted by atomic mass is 9.99. The lowest BCUT2D eigenvalue weighted by Gasteiger charge is -2.15. The van der Waals surface area contributed by atoms with Gasteiger partial charge in [-0.25, -0.2) is 0 Å². The molecule has 2 aliphatic rings. The Morgan fingerprint density at radius 2 is 2.11 bits per heavy atom. The number of ether oxygens (including phenoxy) is 1. The molecule has 3 rings (SSSR count). The molecule has 0 saturated heterocycles. The van der Waals surface area contributed by atoms with Crippen molar-refractivity contribution in [3.63, 3.8) is 0 Å². The van der Waals surface area contributed by atoms with E-state index in [0.717, 1.165) is 27.6 Å². The summed E-state index contributed by atoms with van der Waals surface area (Å²) in [6.45, 7) is 0. The Hall–Kier alpha value is -0.540. The molecule has 2 fully saturated rings. The van der Waals surface area contributed by atoms with Crippen molar-refractivity contribution in [2.45, 2.75) is 31.8 Å². The van der Waals surface area contributed by atoms with Crippen LogP contribution in [0.15, 0.2) is 22.7 Å². The molecule has 0 heterocycles. The molecule has 1 N–H and O–H groups in total. The second-order valence-electron chi connectivity index (χ2n) is 5.56. The van der Waals surface area contributed by atoms with Crippen molar-refractivity contribution in [3.8, 4) is 5.75 Å². The Morgan fingerprint density at radius 1 is 1.39 bits per heavy atom. The molecule has 2 saturated carbocycles. The Balaban J connectivity index is 1.70. The van der Waals surface area contributed by atoms with E-state index in [1.807, 2.05) is 12.1 Å². The quantitative estimate of drug-likeness (QED) is 0.923. The molecular weight excluding hydrogens is 292 g/mol. The zero-order chi connectivity index (χ0) is 12.7. The van der Waals surface area contributed by atoms with E-state index in [1.165, 1.54) is 19.3 Å². The van der Waals surface area contributed by atoms with Gasteiger partial charge in [-0.05, 0) is 54.4 Å². The van der Waals surface area contributed by atoms with Crippen molar-refractivity contribution < 1.29 is 9.84 Å². The fraction of sp³-hybridized carbons (Fsp3) is 0.600. The van der Waals surface area contributed by atoms with E-state index in [0.29, 0.717) is 12.3 Å². The minimum absolute atomic E-state index is 0.205. The van der Waals surface area contributed by atoms with E-state index in [9.17, 15) is 5.11 Å². The summed E-state index contributed by atoms with van der Waals surface area (Å²) in [5, 5.41) is 10.4. The SMILES string of the molecule is COc1ccc(Br)cc1CC(O)C1C2CCCC21. The first-order valence-corrected chi connectivity index (χ1v) is 7.50. The van der Waals surface area contributed by atoms with Gasteiger partial charge < -0.3 is 9.84 Å². The Bertz CT molecular complexity index is 436. The van der Waals surface area contributed by atoms with Gasteiger partial charge in [0.15, 0.2) is 0 Å². The molecule has 18 heavy (non-hydrogen) atoms. The number of hydrogen-bond acceptors (Lipinski definition) is 2. The third kappa shape index (κ3) is 2.19. The Kier molecular flexibility index (Phi) is 3.37. The molecule has 98 valence electrons. The maximum atomic E-state index is 10.4. The van der Waals surface area contributed by atoms with Crippen LogP contribution in [0.4, 0.5) is 0 Å². The molecule has 0 radical (unpaired) electrons. The molecule has 0 bridgehead atoms. The van der Waals surface area contributed by atoms with Crippen molar-refractivity contribution in [1.29, 1.82) is 0 Å². The second-order valence-corrected chi connectivity index (χ2v) is 6.48. The van der Waals surface area contributed by atoms with Crippen molar-refractivity contribution >= 4 is 15.9 Å². The smallest absolute Gasteiger partial charge is 0.122 e. The highest BCUT2D eigenvalue weighted by molar-refractivity contribution is 9.10. The fourth-order valence-corrected chi connectivity index (χ4v) is 4.12. The number of aliphatic hydroxyl groups excluding tert-OH is 1. The van der Waals surface area contributed by atoms with Gasteiger partial charge in [-0.15, -0.1) is 0 Å². The first-order chi connectivity index (χ1) is 8.70. The normalized spacial score (nSPS) is 30.9. The molecule has 2 nitrogen and oxygen atoms in total. The van der Waals surface area contributed by atoms with Crippen LogP contribution >= 0.6 is 15.9 Å². The van der Waals surface area contributed by atoms with Crippen LogP contribution in [0.2, 0.25) is 0 Å². The second kappa shape index (κ2) is 4.86. The number of fused-ring (bicyclic) bond motifs is 1. The van der Waals surface area contributed by atoms with Gasteiger partial charge >= 0.3 is 0 Å². The van der Waals surface area contributed by atoms with Crippen molar-refractivity contribution in [3.05, 3.63) is 28.2 Å². The van der Waals surface area contributed by atoms with Crippen LogP contribution in [0.3, 0.4) is 0 Å². The summed E-state index contributed by atoms with van der Waals surface area (Å²) in [7, 11) is 1.69. The predicted octanol–water partition coefficient (Wildman–Crippen LogP) is 3.41. The average molecular weight is 311 g/mol. The van der Waals surface area contributed by atoms with Crippen LogP contribution in [0.25, 0.3) is 0 Å². The minimum atomic E-state index is -0.205. The van der Waals surface area contributed by atoms with E-state index in [1.54, 1.807) is 7.11 Å². The van der Waals surface area contributed by atoms with E-state index >= 15 is 0 Å². The monoisotopic (exact) mass is 310 g/mol. The highest BCUT2D eigenvalue weighted by Crippen LogP contribution is 2.59. The largest absolute Gasteiger partial charge is 0.496 e. The molecule has 3 unspecified atom stereocenters. The van der Waals surface area contributed by atoms with Gasteiger partial charge in [-0.3, -0.25) is 0 Å². The van der Waals surface area contributed by atoms with Crippen LogP contribution in [-0.4, -0.2) is 18.3 Å². The van der Waals surface area contributed by atoms with Gasteiger partial charge in [0.05, 0.1) is 13.2 Å². The number of benzene rings is 1. The Labute approximate surface area is 116 Å². The number of aliphatic hydroxyl groups is 1. The topological polar surface area (TPSA) is 29.5 Å². The first-order valence-electron chi connectivity index (χ1n) is 6.71. The number of rotatable bonds is 4. The van der Waals surface area contributed by atoms with Crippen molar-refractivity contribution in [1.82, 2.24) is 0 Å².